The van der Waals surface area contributed by atoms with E-state index in [0.717, 1.165) is 19.4 Å². The fraction of sp³-hybridized carbons (Fsp3) is 0.667. The third kappa shape index (κ3) is 2.13. The first-order valence-electron chi connectivity index (χ1n) is 5.23. The van der Waals surface area contributed by atoms with Gasteiger partial charge in [-0.15, -0.1) is 0 Å². The summed E-state index contributed by atoms with van der Waals surface area (Å²) in [4.78, 5) is 14.0. The second-order valence-corrected chi connectivity index (χ2v) is 3.80. The molecule has 0 bridgehead atoms. The lowest BCUT2D eigenvalue weighted by Gasteiger charge is -2.23. The molecule has 1 aromatic heterocycles. The maximum Gasteiger partial charge on any atom is 0.232 e. The van der Waals surface area contributed by atoms with Crippen molar-refractivity contribution < 1.29 is 4.74 Å². The molecule has 0 radical (unpaired) electrons. The Morgan fingerprint density at radius 2 is 2.00 bits per heavy atom. The van der Waals surface area contributed by atoms with E-state index in [1.165, 1.54) is 0 Å². The van der Waals surface area contributed by atoms with Crippen LogP contribution in [0.4, 0.5) is 17.8 Å². The SMILES string of the molecule is COC[C@@H]1CCCN1c1nc(N)nc(N)n1. The van der Waals surface area contributed by atoms with Crippen LogP contribution in [-0.2, 0) is 4.74 Å². The zero-order valence-corrected chi connectivity index (χ0v) is 9.26. The molecular formula is C9H16N6O. The van der Waals surface area contributed by atoms with Crippen molar-refractivity contribution in [1.82, 2.24) is 15.0 Å². The van der Waals surface area contributed by atoms with Crippen molar-refractivity contribution in [3.8, 4) is 0 Å². The summed E-state index contributed by atoms with van der Waals surface area (Å²) in [6, 6.07) is 0.297. The first-order chi connectivity index (χ1) is 7.70. The van der Waals surface area contributed by atoms with E-state index in [2.05, 4.69) is 19.9 Å². The Labute approximate surface area is 93.8 Å². The van der Waals surface area contributed by atoms with Gasteiger partial charge >= 0.3 is 0 Å². The average molecular weight is 224 g/mol. The van der Waals surface area contributed by atoms with E-state index in [-0.39, 0.29) is 11.9 Å². The van der Waals surface area contributed by atoms with Crippen LogP contribution < -0.4 is 16.4 Å². The number of nitrogens with zero attached hydrogens (tertiary/aromatic N) is 4. The number of rotatable bonds is 3. The molecule has 88 valence electrons. The van der Waals surface area contributed by atoms with Crippen LogP contribution >= 0.6 is 0 Å². The molecule has 2 rings (SSSR count). The first kappa shape index (κ1) is 10.9. The number of aromatic nitrogens is 3. The normalized spacial score (nSPS) is 20.3. The summed E-state index contributed by atoms with van der Waals surface area (Å²) in [5, 5.41) is 0. The van der Waals surface area contributed by atoms with Gasteiger partial charge in [-0.1, -0.05) is 0 Å². The summed E-state index contributed by atoms with van der Waals surface area (Å²) in [7, 11) is 1.69. The summed E-state index contributed by atoms with van der Waals surface area (Å²) in [6.07, 6.45) is 2.17. The van der Waals surface area contributed by atoms with Gasteiger partial charge in [0.05, 0.1) is 12.6 Å². The van der Waals surface area contributed by atoms with Crippen LogP contribution in [0.2, 0.25) is 0 Å². The van der Waals surface area contributed by atoms with Crippen LogP contribution in [0.25, 0.3) is 0 Å². The van der Waals surface area contributed by atoms with Crippen LogP contribution in [0.15, 0.2) is 0 Å². The summed E-state index contributed by atoms with van der Waals surface area (Å²) in [5.74, 6) is 0.862. The Bertz CT molecular complexity index is 351. The van der Waals surface area contributed by atoms with Gasteiger partial charge in [0.15, 0.2) is 0 Å². The number of hydrogen-bond acceptors (Lipinski definition) is 7. The molecular weight excluding hydrogens is 208 g/mol. The van der Waals surface area contributed by atoms with Crippen LogP contribution in [0.5, 0.6) is 0 Å². The van der Waals surface area contributed by atoms with E-state index in [4.69, 9.17) is 16.2 Å². The summed E-state index contributed by atoms with van der Waals surface area (Å²) < 4.78 is 5.16. The van der Waals surface area contributed by atoms with E-state index in [1.807, 2.05) is 0 Å². The van der Waals surface area contributed by atoms with Crippen LogP contribution in [0.3, 0.4) is 0 Å². The number of methoxy groups -OCH3 is 1. The molecule has 1 fully saturated rings. The molecule has 1 aromatic rings. The Morgan fingerprint density at radius 3 is 2.62 bits per heavy atom. The van der Waals surface area contributed by atoms with E-state index in [9.17, 15) is 0 Å². The third-order valence-electron chi connectivity index (χ3n) is 2.65. The van der Waals surface area contributed by atoms with Crippen LogP contribution in [-0.4, -0.2) is 41.3 Å². The quantitative estimate of drug-likeness (QED) is 0.723. The molecule has 0 aromatic carbocycles. The number of nitrogen functional groups attached to an aromatic ring is 2. The molecule has 0 amide bonds. The van der Waals surface area contributed by atoms with Gasteiger partial charge in [0.2, 0.25) is 17.8 Å². The molecule has 1 aliphatic heterocycles. The highest BCUT2D eigenvalue weighted by atomic mass is 16.5. The summed E-state index contributed by atoms with van der Waals surface area (Å²) in [6.45, 7) is 1.56. The van der Waals surface area contributed by atoms with E-state index in [0.29, 0.717) is 18.6 Å². The number of ether oxygens (including phenoxy) is 1. The van der Waals surface area contributed by atoms with Gasteiger partial charge in [-0.2, -0.15) is 15.0 Å². The van der Waals surface area contributed by atoms with Gasteiger partial charge in [0.25, 0.3) is 0 Å². The second kappa shape index (κ2) is 4.48. The molecule has 0 unspecified atom stereocenters. The van der Waals surface area contributed by atoms with Crippen LogP contribution in [0.1, 0.15) is 12.8 Å². The molecule has 4 N–H and O–H groups in total. The second-order valence-electron chi connectivity index (χ2n) is 3.80. The standard InChI is InChI=1S/C9H16N6O/c1-16-5-6-3-2-4-15(6)9-13-7(10)12-8(11)14-9/h6H,2-5H2,1H3,(H4,10,11,12,13,14)/t6-/m0/s1. The van der Waals surface area contributed by atoms with Crippen molar-refractivity contribution in [1.29, 1.82) is 0 Å². The monoisotopic (exact) mass is 224 g/mol. The van der Waals surface area contributed by atoms with Gasteiger partial charge in [0, 0.05) is 13.7 Å². The summed E-state index contributed by atoms with van der Waals surface area (Å²) in [5.41, 5.74) is 11.1. The van der Waals surface area contributed by atoms with Gasteiger partial charge in [-0.05, 0) is 12.8 Å². The molecule has 16 heavy (non-hydrogen) atoms. The highest BCUT2D eigenvalue weighted by molar-refractivity contribution is 5.41. The molecule has 1 atom stereocenters. The van der Waals surface area contributed by atoms with Crippen molar-refractivity contribution in [3.63, 3.8) is 0 Å². The lowest BCUT2D eigenvalue weighted by atomic mass is 10.2. The van der Waals surface area contributed by atoms with E-state index >= 15 is 0 Å². The molecule has 0 spiro atoms. The number of hydrogen-bond donors (Lipinski definition) is 2. The predicted octanol–water partition coefficient (Wildman–Crippen LogP) is -0.349. The van der Waals surface area contributed by atoms with E-state index in [1.54, 1.807) is 7.11 Å². The Morgan fingerprint density at radius 1 is 1.31 bits per heavy atom. The molecule has 1 aliphatic rings. The van der Waals surface area contributed by atoms with Gasteiger partial charge in [-0.25, -0.2) is 0 Å². The predicted molar refractivity (Wildman–Crippen MR) is 60.9 cm³/mol. The van der Waals surface area contributed by atoms with Crippen molar-refractivity contribution in [2.45, 2.75) is 18.9 Å². The Kier molecular flexibility index (Phi) is 3.04. The molecule has 7 nitrogen and oxygen atoms in total. The largest absolute Gasteiger partial charge is 0.383 e. The van der Waals surface area contributed by atoms with Gasteiger partial charge < -0.3 is 21.1 Å². The minimum Gasteiger partial charge on any atom is -0.383 e. The lowest BCUT2D eigenvalue weighted by molar-refractivity contribution is 0.180. The smallest absolute Gasteiger partial charge is 0.232 e. The van der Waals surface area contributed by atoms with Gasteiger partial charge in [0.1, 0.15) is 0 Å². The number of anilines is 3. The molecule has 2 heterocycles. The van der Waals surface area contributed by atoms with Crippen molar-refractivity contribution in [3.05, 3.63) is 0 Å². The fourth-order valence-corrected chi connectivity index (χ4v) is 1.99. The highest BCUT2D eigenvalue weighted by Crippen LogP contribution is 2.23. The third-order valence-corrected chi connectivity index (χ3v) is 2.65. The van der Waals surface area contributed by atoms with E-state index < -0.39 is 0 Å². The zero-order valence-electron chi connectivity index (χ0n) is 9.26. The number of nitrogens with two attached hydrogens (primary N) is 2. The maximum atomic E-state index is 5.55. The Hall–Kier alpha value is -1.63. The molecule has 7 heteroatoms. The van der Waals surface area contributed by atoms with Crippen LogP contribution in [0, 0.1) is 0 Å². The van der Waals surface area contributed by atoms with Gasteiger partial charge in [-0.3, -0.25) is 0 Å². The van der Waals surface area contributed by atoms with Crippen molar-refractivity contribution in [2.75, 3.05) is 36.6 Å². The summed E-state index contributed by atoms with van der Waals surface area (Å²) >= 11 is 0. The highest BCUT2D eigenvalue weighted by Gasteiger charge is 2.27. The lowest BCUT2D eigenvalue weighted by Crippen LogP contribution is -2.34. The minimum atomic E-state index is 0.158. The van der Waals surface area contributed by atoms with Crippen molar-refractivity contribution >= 4 is 17.8 Å². The maximum absolute atomic E-state index is 5.55. The Balaban J connectivity index is 2.21. The molecule has 1 saturated heterocycles. The zero-order chi connectivity index (χ0) is 11.5. The topological polar surface area (TPSA) is 103 Å². The average Bonchev–Trinajstić information content (AvgIpc) is 2.65. The fourth-order valence-electron chi connectivity index (χ4n) is 1.99. The molecule has 0 saturated carbocycles. The molecule has 0 aliphatic carbocycles. The first-order valence-corrected chi connectivity index (χ1v) is 5.23. The van der Waals surface area contributed by atoms with Crippen molar-refractivity contribution in [2.24, 2.45) is 0 Å². The minimum absolute atomic E-state index is 0.158.